The van der Waals surface area contributed by atoms with Crippen molar-refractivity contribution in [3.8, 4) is 33.8 Å². The number of nitrogens with zero attached hydrogens (tertiary/aromatic N) is 4. The number of hydrogen-bond donors (Lipinski definition) is 0. The monoisotopic (exact) mass is 635 g/mol. The summed E-state index contributed by atoms with van der Waals surface area (Å²) >= 11 is 1.78. The van der Waals surface area contributed by atoms with Crippen molar-refractivity contribution in [2.24, 2.45) is 7.05 Å². The Hall–Kier alpha value is -5.91. The largest absolute Gasteiger partial charge is 0.294 e. The number of rotatable bonds is 6. The van der Waals surface area contributed by atoms with Gasteiger partial charge in [-0.15, -0.1) is 0 Å². The van der Waals surface area contributed by atoms with E-state index in [4.69, 9.17) is 4.98 Å². The number of benzene rings is 6. The molecule has 0 aliphatic carbocycles. The van der Waals surface area contributed by atoms with Crippen LogP contribution in [0.2, 0.25) is 0 Å². The molecule has 0 aliphatic rings. The molecule has 0 atom stereocenters. The summed E-state index contributed by atoms with van der Waals surface area (Å²) in [5.41, 5.74) is 10.6. The lowest BCUT2D eigenvalue weighted by atomic mass is 9.95. The van der Waals surface area contributed by atoms with Crippen LogP contribution in [0.5, 0.6) is 0 Å². The zero-order chi connectivity index (χ0) is 32.0. The normalized spacial score (nSPS) is 11.5. The van der Waals surface area contributed by atoms with Crippen molar-refractivity contribution in [1.29, 1.82) is 0 Å². The van der Waals surface area contributed by atoms with Gasteiger partial charge in [-0.05, 0) is 76.9 Å². The third-order valence-electron chi connectivity index (χ3n) is 9.08. The summed E-state index contributed by atoms with van der Waals surface area (Å²) in [4.78, 5) is 7.31. The maximum absolute atomic E-state index is 4.95. The summed E-state index contributed by atoms with van der Waals surface area (Å²) in [7, 11) is 2.10. The summed E-state index contributed by atoms with van der Waals surface area (Å²) in [6.07, 6.45) is 4.08. The van der Waals surface area contributed by atoms with Crippen LogP contribution in [0.3, 0.4) is 0 Å². The molecule has 6 aromatic carbocycles. The molecule has 0 radical (unpaired) electrons. The van der Waals surface area contributed by atoms with Crippen LogP contribution >= 0.6 is 11.8 Å². The van der Waals surface area contributed by atoms with Crippen LogP contribution in [0.1, 0.15) is 0 Å². The van der Waals surface area contributed by atoms with Crippen LogP contribution < -0.4 is 0 Å². The second kappa shape index (κ2) is 11.7. The standard InChI is InChI=1S/C43H31N4S/c1-45-29-46(41-21-10-9-20-40(41)45)32-14-11-15-33(27-32)48-34-22-23-38-37-18-7-8-19-39(37)47(42(38)28-34)43-26-31(24-25-44-43)36-17-6-5-16-35(36)30-12-3-2-4-13-30/h2-29H,1H3/q+1. The van der Waals surface area contributed by atoms with Crippen molar-refractivity contribution in [3.05, 3.63) is 170 Å². The van der Waals surface area contributed by atoms with Crippen LogP contribution in [-0.4, -0.2) is 18.7 Å². The van der Waals surface area contributed by atoms with Crippen molar-refractivity contribution < 1.29 is 0 Å². The minimum Gasteiger partial charge on any atom is -0.294 e. The molecule has 0 aliphatic heterocycles. The van der Waals surface area contributed by atoms with E-state index in [1.165, 1.54) is 48.3 Å². The van der Waals surface area contributed by atoms with Crippen LogP contribution in [0.4, 0.5) is 0 Å². The quantitative estimate of drug-likeness (QED) is 0.170. The molecular formula is C43H31N4S+. The maximum Gasteiger partial charge on any atom is 0.191 e. The average Bonchev–Trinajstić information content (AvgIpc) is 3.66. The topological polar surface area (TPSA) is 27.7 Å². The molecule has 4 nitrogen and oxygen atoms in total. The average molecular weight is 636 g/mol. The van der Waals surface area contributed by atoms with Gasteiger partial charge in [0.2, 0.25) is 0 Å². The Balaban J connectivity index is 1.14. The molecular weight excluding hydrogens is 605 g/mol. The number of hydrogen-bond acceptors (Lipinski definition) is 2. The summed E-state index contributed by atoms with van der Waals surface area (Å²) in [6, 6.07) is 56.3. The molecule has 3 heterocycles. The fraction of sp³-hybridized carbons (Fsp3) is 0.0233. The molecule has 0 saturated carbocycles. The van der Waals surface area contributed by atoms with E-state index in [1.807, 2.05) is 6.20 Å². The number of pyridine rings is 1. The Morgan fingerprint density at radius 2 is 1.21 bits per heavy atom. The SMILES string of the molecule is Cn1[cH+]n(-c2cccc(Sc3ccc4c5ccccc5n(-c5cc(-c6ccccc6-c6ccccc6)ccn5)c4c3)c2)c2ccccc21. The molecule has 0 saturated heterocycles. The predicted octanol–water partition coefficient (Wildman–Crippen LogP) is 11.2. The summed E-state index contributed by atoms with van der Waals surface area (Å²) in [6.45, 7) is 0. The van der Waals surface area contributed by atoms with Crippen molar-refractivity contribution >= 4 is 44.6 Å². The van der Waals surface area contributed by atoms with Gasteiger partial charge in [0, 0.05) is 58.1 Å². The van der Waals surface area contributed by atoms with Gasteiger partial charge in [0.1, 0.15) is 11.5 Å². The number of aromatic nitrogens is 4. The van der Waals surface area contributed by atoms with Crippen LogP contribution in [0.25, 0.3) is 66.6 Å². The van der Waals surface area contributed by atoms with Gasteiger partial charge in [-0.2, -0.15) is 4.57 Å². The minimum absolute atomic E-state index is 0.901. The van der Waals surface area contributed by atoms with Gasteiger partial charge < -0.3 is 0 Å². The third kappa shape index (κ3) is 4.88. The number of imidazole rings is 1. The fourth-order valence-electron chi connectivity index (χ4n) is 6.88. The van der Waals surface area contributed by atoms with Crippen LogP contribution in [0.15, 0.2) is 180 Å². The van der Waals surface area contributed by atoms with Crippen molar-refractivity contribution in [2.45, 2.75) is 9.79 Å². The van der Waals surface area contributed by atoms with Crippen LogP contribution in [0, 0.1) is 0 Å². The second-order valence-electron chi connectivity index (χ2n) is 12.0. The second-order valence-corrected chi connectivity index (χ2v) is 13.2. The molecule has 0 amide bonds. The highest BCUT2D eigenvalue weighted by Gasteiger charge is 2.17. The van der Waals surface area contributed by atoms with Crippen molar-refractivity contribution in [3.63, 3.8) is 0 Å². The molecule has 228 valence electrons. The number of aryl methyl sites for hydroxylation is 1. The molecule has 3 aromatic heterocycles. The van der Waals surface area contributed by atoms with E-state index in [9.17, 15) is 0 Å². The highest BCUT2D eigenvalue weighted by molar-refractivity contribution is 7.99. The van der Waals surface area contributed by atoms with Gasteiger partial charge in [0.25, 0.3) is 0 Å². The van der Waals surface area contributed by atoms with E-state index < -0.39 is 0 Å². The maximum atomic E-state index is 4.95. The minimum atomic E-state index is 0.901. The number of fused-ring (bicyclic) bond motifs is 4. The van der Waals surface area contributed by atoms with Gasteiger partial charge in [-0.1, -0.05) is 90.6 Å². The highest BCUT2D eigenvalue weighted by atomic mass is 32.2. The Bertz CT molecular complexity index is 2620. The lowest BCUT2D eigenvalue weighted by molar-refractivity contribution is 0.909. The van der Waals surface area contributed by atoms with Gasteiger partial charge in [-0.25, -0.2) is 9.55 Å². The third-order valence-corrected chi connectivity index (χ3v) is 10.1. The van der Waals surface area contributed by atoms with Gasteiger partial charge in [-0.3, -0.25) is 4.57 Å². The Labute approximate surface area is 283 Å². The van der Waals surface area contributed by atoms with E-state index in [0.29, 0.717) is 0 Å². The lowest BCUT2D eigenvalue weighted by Gasteiger charge is -2.13. The first kappa shape index (κ1) is 28.3. The zero-order valence-corrected chi connectivity index (χ0v) is 27.2. The van der Waals surface area contributed by atoms with Gasteiger partial charge >= 0.3 is 0 Å². The molecule has 9 aromatic rings. The van der Waals surface area contributed by atoms with Gasteiger partial charge in [0.15, 0.2) is 17.4 Å². The first-order valence-electron chi connectivity index (χ1n) is 16.1. The summed E-state index contributed by atoms with van der Waals surface area (Å²) < 4.78 is 6.74. The summed E-state index contributed by atoms with van der Waals surface area (Å²) in [5, 5.41) is 2.43. The Morgan fingerprint density at radius 3 is 2.06 bits per heavy atom. The van der Waals surface area contributed by atoms with E-state index in [-0.39, 0.29) is 0 Å². The highest BCUT2D eigenvalue weighted by Crippen LogP contribution is 2.38. The molecule has 0 spiro atoms. The van der Waals surface area contributed by atoms with E-state index in [1.54, 1.807) is 11.8 Å². The lowest BCUT2D eigenvalue weighted by Crippen LogP contribution is -1.98. The van der Waals surface area contributed by atoms with E-state index in [2.05, 4.69) is 185 Å². The first-order valence-corrected chi connectivity index (χ1v) is 16.9. The number of para-hydroxylation sites is 3. The van der Waals surface area contributed by atoms with Crippen molar-refractivity contribution in [2.75, 3.05) is 0 Å². The fourth-order valence-corrected chi connectivity index (χ4v) is 7.78. The predicted molar refractivity (Wildman–Crippen MR) is 200 cm³/mol. The summed E-state index contributed by atoms with van der Waals surface area (Å²) in [5.74, 6) is 0.901. The Morgan fingerprint density at radius 1 is 0.521 bits per heavy atom. The smallest absolute Gasteiger partial charge is 0.191 e. The van der Waals surface area contributed by atoms with Crippen LogP contribution in [-0.2, 0) is 7.05 Å². The van der Waals surface area contributed by atoms with E-state index >= 15 is 0 Å². The molecule has 0 bridgehead atoms. The molecule has 9 rings (SSSR count). The molecule has 0 N–H and O–H groups in total. The molecule has 5 heteroatoms. The van der Waals surface area contributed by atoms with E-state index in [0.717, 1.165) is 28.1 Å². The first-order chi connectivity index (χ1) is 23.7. The zero-order valence-electron chi connectivity index (χ0n) is 26.4. The van der Waals surface area contributed by atoms with Crippen molar-refractivity contribution in [1.82, 2.24) is 18.7 Å². The molecule has 48 heavy (non-hydrogen) atoms. The molecule has 0 unspecified atom stereocenters. The Kier molecular flexibility index (Phi) is 6.91. The molecule has 0 fully saturated rings. The van der Waals surface area contributed by atoms with Gasteiger partial charge in [0.05, 0.1) is 11.0 Å².